The van der Waals surface area contributed by atoms with Crippen molar-refractivity contribution in [1.82, 2.24) is 20.0 Å². The van der Waals surface area contributed by atoms with Crippen LogP contribution in [0.4, 0.5) is 10.5 Å². The summed E-state index contributed by atoms with van der Waals surface area (Å²) in [4.78, 5) is 23.5. The Kier molecular flexibility index (Phi) is 5.26. The van der Waals surface area contributed by atoms with Crippen molar-refractivity contribution >= 4 is 34.2 Å². The first kappa shape index (κ1) is 19.5. The number of likely N-dealkylation sites (tertiary alicyclic amines) is 1. The maximum Gasteiger partial charge on any atom is 0.321 e. The van der Waals surface area contributed by atoms with Gasteiger partial charge >= 0.3 is 6.03 Å². The average molecular weight is 434 g/mol. The number of rotatable bonds is 3. The van der Waals surface area contributed by atoms with Gasteiger partial charge in [0, 0.05) is 24.4 Å². The van der Waals surface area contributed by atoms with E-state index in [1.165, 1.54) is 0 Å². The molecule has 0 spiro atoms. The Morgan fingerprint density at radius 3 is 2.61 bits per heavy atom. The van der Waals surface area contributed by atoms with Gasteiger partial charge in [0.25, 0.3) is 0 Å². The highest BCUT2D eigenvalue weighted by molar-refractivity contribution is 6.33. The molecule has 156 valence electrons. The summed E-state index contributed by atoms with van der Waals surface area (Å²) >= 11 is 6.13. The molecule has 1 saturated heterocycles. The number of hydrogen-bond donors (Lipinski definition) is 1. The number of anilines is 1. The number of amides is 2. The molecule has 2 amide bonds. The zero-order valence-electron chi connectivity index (χ0n) is 16.7. The normalized spacial score (nSPS) is 14.7. The second-order valence-corrected chi connectivity index (χ2v) is 7.92. The SMILES string of the molecule is O=C(Nc1ccccc1Cl)N1CCC(c2nc(-c3ccc4ccccc4n3)no2)CC1. The molecule has 0 radical (unpaired) electrons. The lowest BCUT2D eigenvalue weighted by atomic mass is 9.97. The summed E-state index contributed by atoms with van der Waals surface area (Å²) in [5.74, 6) is 1.20. The standard InChI is InChI=1S/C23H20ClN5O2/c24-17-6-2-4-8-19(17)26-23(30)29-13-11-16(12-14-29)22-27-21(28-31-22)20-10-9-15-5-1-3-7-18(15)25-20/h1-10,16H,11-14H2,(H,26,30). The van der Waals surface area contributed by atoms with Crippen LogP contribution in [0.2, 0.25) is 5.02 Å². The third-order valence-corrected chi connectivity index (χ3v) is 5.85. The van der Waals surface area contributed by atoms with Crippen LogP contribution in [0.25, 0.3) is 22.4 Å². The summed E-state index contributed by atoms with van der Waals surface area (Å²) in [6.07, 6.45) is 1.51. The number of nitrogens with one attached hydrogen (secondary N) is 1. The quantitative estimate of drug-likeness (QED) is 0.470. The summed E-state index contributed by atoms with van der Waals surface area (Å²) in [6, 6.07) is 18.9. The number of pyridine rings is 1. The van der Waals surface area contributed by atoms with E-state index in [0.29, 0.717) is 41.2 Å². The molecule has 2 aromatic carbocycles. The molecule has 7 nitrogen and oxygen atoms in total. The van der Waals surface area contributed by atoms with Gasteiger partial charge in [-0.05, 0) is 37.1 Å². The fraction of sp³-hybridized carbons (Fsp3) is 0.217. The number of para-hydroxylation sites is 2. The van der Waals surface area contributed by atoms with Gasteiger partial charge in [0.1, 0.15) is 5.69 Å². The lowest BCUT2D eigenvalue weighted by Crippen LogP contribution is -2.40. The Morgan fingerprint density at radius 1 is 1.00 bits per heavy atom. The molecule has 0 atom stereocenters. The van der Waals surface area contributed by atoms with Crippen molar-refractivity contribution in [1.29, 1.82) is 0 Å². The van der Waals surface area contributed by atoms with Gasteiger partial charge in [0.2, 0.25) is 11.7 Å². The minimum absolute atomic E-state index is 0.117. The molecule has 2 aromatic heterocycles. The van der Waals surface area contributed by atoms with Crippen LogP contribution in [0.15, 0.2) is 65.2 Å². The summed E-state index contributed by atoms with van der Waals surface area (Å²) in [5.41, 5.74) is 2.19. The van der Waals surface area contributed by atoms with Gasteiger partial charge in [0.15, 0.2) is 0 Å². The van der Waals surface area contributed by atoms with Crippen LogP contribution in [0.3, 0.4) is 0 Å². The number of fused-ring (bicyclic) bond motifs is 1. The number of piperidine rings is 1. The molecule has 0 aliphatic carbocycles. The van der Waals surface area contributed by atoms with Crippen LogP contribution >= 0.6 is 11.6 Å². The van der Waals surface area contributed by atoms with Crippen molar-refractivity contribution < 1.29 is 9.32 Å². The van der Waals surface area contributed by atoms with Gasteiger partial charge in [-0.15, -0.1) is 0 Å². The minimum atomic E-state index is -0.155. The Bertz CT molecular complexity index is 1230. The number of urea groups is 1. The topological polar surface area (TPSA) is 84.2 Å². The highest BCUT2D eigenvalue weighted by Crippen LogP contribution is 2.29. The largest absolute Gasteiger partial charge is 0.339 e. The van der Waals surface area contributed by atoms with Crippen molar-refractivity contribution in [3.05, 3.63) is 71.6 Å². The van der Waals surface area contributed by atoms with Crippen molar-refractivity contribution in [3.8, 4) is 11.5 Å². The molecule has 0 saturated carbocycles. The first-order valence-corrected chi connectivity index (χ1v) is 10.6. The molecule has 31 heavy (non-hydrogen) atoms. The third-order valence-electron chi connectivity index (χ3n) is 5.52. The van der Waals surface area contributed by atoms with Crippen molar-refractivity contribution in [2.75, 3.05) is 18.4 Å². The second kappa shape index (κ2) is 8.35. The fourth-order valence-corrected chi connectivity index (χ4v) is 3.96. The molecule has 3 heterocycles. The van der Waals surface area contributed by atoms with Gasteiger partial charge < -0.3 is 14.7 Å². The van der Waals surface area contributed by atoms with E-state index >= 15 is 0 Å². The monoisotopic (exact) mass is 433 g/mol. The highest BCUT2D eigenvalue weighted by Gasteiger charge is 2.28. The molecule has 1 aliphatic rings. The number of nitrogens with zero attached hydrogens (tertiary/aromatic N) is 4. The number of hydrogen-bond acceptors (Lipinski definition) is 5. The Hall–Kier alpha value is -3.45. The summed E-state index contributed by atoms with van der Waals surface area (Å²) in [6.45, 7) is 1.21. The molecular formula is C23H20ClN5O2. The second-order valence-electron chi connectivity index (χ2n) is 7.52. The molecule has 0 unspecified atom stereocenters. The summed E-state index contributed by atoms with van der Waals surface area (Å²) < 4.78 is 5.54. The van der Waals surface area contributed by atoms with Gasteiger partial charge in [-0.25, -0.2) is 9.78 Å². The molecular weight excluding hydrogens is 414 g/mol. The minimum Gasteiger partial charge on any atom is -0.339 e. The molecule has 0 bridgehead atoms. The first-order chi connectivity index (χ1) is 15.2. The van der Waals surface area contributed by atoms with Crippen LogP contribution in [-0.2, 0) is 0 Å². The lowest BCUT2D eigenvalue weighted by molar-refractivity contribution is 0.187. The Balaban J connectivity index is 1.23. The van der Waals surface area contributed by atoms with Crippen molar-refractivity contribution in [2.45, 2.75) is 18.8 Å². The zero-order chi connectivity index (χ0) is 21.2. The predicted octanol–water partition coefficient (Wildman–Crippen LogP) is 5.35. The van der Waals surface area contributed by atoms with Gasteiger partial charge in [-0.3, -0.25) is 0 Å². The van der Waals surface area contributed by atoms with E-state index in [-0.39, 0.29) is 11.9 Å². The first-order valence-electron chi connectivity index (χ1n) is 10.2. The Labute approximate surface area is 184 Å². The van der Waals surface area contributed by atoms with Gasteiger partial charge in [-0.1, -0.05) is 53.2 Å². The average Bonchev–Trinajstić information content (AvgIpc) is 3.31. The number of benzene rings is 2. The van der Waals surface area contributed by atoms with Crippen LogP contribution in [0, 0.1) is 0 Å². The molecule has 8 heteroatoms. The maximum absolute atomic E-state index is 12.6. The van der Waals surface area contributed by atoms with E-state index in [1.54, 1.807) is 17.0 Å². The number of aromatic nitrogens is 3. The molecule has 4 aromatic rings. The maximum atomic E-state index is 12.6. The third kappa shape index (κ3) is 4.09. The van der Waals surface area contributed by atoms with E-state index in [0.717, 1.165) is 23.7 Å². The number of carbonyl (C=O) groups excluding carboxylic acids is 1. The number of carbonyl (C=O) groups is 1. The van der Waals surface area contributed by atoms with Gasteiger partial charge in [-0.2, -0.15) is 4.98 Å². The van der Waals surface area contributed by atoms with Crippen LogP contribution in [-0.4, -0.2) is 39.1 Å². The predicted molar refractivity (Wildman–Crippen MR) is 119 cm³/mol. The van der Waals surface area contributed by atoms with Crippen LogP contribution < -0.4 is 5.32 Å². The van der Waals surface area contributed by atoms with Crippen molar-refractivity contribution in [2.24, 2.45) is 0 Å². The van der Waals surface area contributed by atoms with E-state index in [9.17, 15) is 4.79 Å². The lowest BCUT2D eigenvalue weighted by Gasteiger charge is -2.30. The van der Waals surface area contributed by atoms with Crippen LogP contribution in [0.1, 0.15) is 24.7 Å². The van der Waals surface area contributed by atoms with E-state index in [4.69, 9.17) is 16.1 Å². The van der Waals surface area contributed by atoms with E-state index in [1.807, 2.05) is 48.5 Å². The van der Waals surface area contributed by atoms with Gasteiger partial charge in [0.05, 0.1) is 16.2 Å². The highest BCUT2D eigenvalue weighted by atomic mass is 35.5. The van der Waals surface area contributed by atoms with Crippen molar-refractivity contribution in [3.63, 3.8) is 0 Å². The summed E-state index contributed by atoms with van der Waals surface area (Å²) in [7, 11) is 0. The smallest absolute Gasteiger partial charge is 0.321 e. The number of halogens is 1. The molecule has 5 rings (SSSR count). The molecule has 1 fully saturated rings. The fourth-order valence-electron chi connectivity index (χ4n) is 3.78. The summed E-state index contributed by atoms with van der Waals surface area (Å²) in [5, 5.41) is 8.59. The zero-order valence-corrected chi connectivity index (χ0v) is 17.4. The van der Waals surface area contributed by atoms with E-state index in [2.05, 4.69) is 20.4 Å². The van der Waals surface area contributed by atoms with E-state index < -0.39 is 0 Å². The van der Waals surface area contributed by atoms with Crippen LogP contribution in [0.5, 0.6) is 0 Å². The molecule has 1 aliphatic heterocycles. The Morgan fingerprint density at radius 2 is 1.77 bits per heavy atom. The molecule has 1 N–H and O–H groups in total.